The van der Waals surface area contributed by atoms with Gasteiger partial charge in [-0.2, -0.15) is 0 Å². The van der Waals surface area contributed by atoms with Gasteiger partial charge >= 0.3 is 12.1 Å². The van der Waals surface area contributed by atoms with Gasteiger partial charge in [0.05, 0.1) is 0 Å². The fourth-order valence-corrected chi connectivity index (χ4v) is 3.42. The van der Waals surface area contributed by atoms with Crippen LogP contribution in [0.3, 0.4) is 0 Å². The molecular formula is C16H28N2O4. The minimum Gasteiger partial charge on any atom is -0.480 e. The van der Waals surface area contributed by atoms with E-state index in [1.165, 1.54) is 0 Å². The summed E-state index contributed by atoms with van der Waals surface area (Å²) < 4.78 is 5.54. The molecule has 0 radical (unpaired) electrons. The van der Waals surface area contributed by atoms with Crippen molar-refractivity contribution in [2.45, 2.75) is 83.0 Å². The quantitative estimate of drug-likeness (QED) is 0.836. The Morgan fingerprint density at radius 1 is 1.36 bits per heavy atom. The second-order valence-electron chi connectivity index (χ2n) is 7.63. The van der Waals surface area contributed by atoms with E-state index in [0.717, 1.165) is 32.1 Å². The number of carboxylic acid groups (broad SMARTS) is 1. The van der Waals surface area contributed by atoms with E-state index in [2.05, 4.69) is 5.32 Å². The Balaban J connectivity index is 2.01. The molecule has 1 saturated heterocycles. The molecule has 2 aliphatic rings. The monoisotopic (exact) mass is 312 g/mol. The number of likely N-dealkylation sites (tertiary alicyclic amines) is 1. The molecule has 126 valence electrons. The van der Waals surface area contributed by atoms with Crippen molar-refractivity contribution in [3.8, 4) is 0 Å². The van der Waals surface area contributed by atoms with Crippen molar-refractivity contribution in [3.05, 3.63) is 0 Å². The highest BCUT2D eigenvalue weighted by Crippen LogP contribution is 2.45. The summed E-state index contributed by atoms with van der Waals surface area (Å²) in [4.78, 5) is 25.3. The van der Waals surface area contributed by atoms with Crippen LogP contribution in [0.5, 0.6) is 0 Å². The average molecular weight is 312 g/mol. The van der Waals surface area contributed by atoms with E-state index in [1.54, 1.807) is 6.92 Å². The minimum atomic E-state index is -0.836. The van der Waals surface area contributed by atoms with Crippen molar-refractivity contribution >= 4 is 12.1 Å². The Bertz CT molecular complexity index is 440. The zero-order valence-electron chi connectivity index (χ0n) is 14.0. The molecule has 1 saturated carbocycles. The number of piperidine rings is 1. The standard InChI is InChI=1S/C16H28N2O4/c1-11(13(19)20)17-12-6-9-18(14(21)22-15(2,3)4)16(10-12)7-5-8-16/h11-12,17H,5-10H2,1-4H3,(H,19,20). The molecule has 1 spiro atoms. The first-order valence-electron chi connectivity index (χ1n) is 8.12. The summed E-state index contributed by atoms with van der Waals surface area (Å²) in [6, 6.07) is -0.416. The van der Waals surface area contributed by atoms with Gasteiger partial charge in [0.25, 0.3) is 0 Å². The van der Waals surface area contributed by atoms with Crippen LogP contribution in [0, 0.1) is 0 Å². The summed E-state index contributed by atoms with van der Waals surface area (Å²) in [5.41, 5.74) is -0.634. The Morgan fingerprint density at radius 2 is 2.00 bits per heavy atom. The fraction of sp³-hybridized carbons (Fsp3) is 0.875. The number of ether oxygens (including phenoxy) is 1. The van der Waals surface area contributed by atoms with Crippen molar-refractivity contribution < 1.29 is 19.4 Å². The number of hydrogen-bond donors (Lipinski definition) is 2. The molecule has 2 atom stereocenters. The lowest BCUT2D eigenvalue weighted by atomic mass is 9.69. The van der Waals surface area contributed by atoms with Crippen LogP contribution in [0.15, 0.2) is 0 Å². The van der Waals surface area contributed by atoms with E-state index in [9.17, 15) is 9.59 Å². The fourth-order valence-electron chi connectivity index (χ4n) is 3.42. The molecule has 0 aromatic carbocycles. The van der Waals surface area contributed by atoms with Crippen LogP contribution >= 0.6 is 0 Å². The molecule has 2 fully saturated rings. The van der Waals surface area contributed by atoms with Gasteiger partial charge in [-0.15, -0.1) is 0 Å². The molecule has 6 nitrogen and oxygen atoms in total. The summed E-state index contributed by atoms with van der Waals surface area (Å²) in [6.45, 7) is 7.92. The number of nitrogens with one attached hydrogen (secondary N) is 1. The van der Waals surface area contributed by atoms with Crippen LogP contribution in [-0.4, -0.2) is 51.8 Å². The Labute approximate surface area is 132 Å². The molecule has 0 aromatic rings. The highest BCUT2D eigenvalue weighted by Gasteiger charge is 2.50. The number of carbonyl (C=O) groups excluding carboxylic acids is 1. The number of aliphatic carboxylic acids is 1. The summed E-state index contributed by atoms with van der Waals surface area (Å²) in [6.07, 6.45) is 4.40. The first-order chi connectivity index (χ1) is 10.1. The molecule has 1 amide bonds. The van der Waals surface area contributed by atoms with E-state index in [-0.39, 0.29) is 17.7 Å². The highest BCUT2D eigenvalue weighted by atomic mass is 16.6. The maximum atomic E-state index is 12.4. The number of carbonyl (C=O) groups is 2. The van der Waals surface area contributed by atoms with E-state index in [0.29, 0.717) is 6.54 Å². The number of amides is 1. The van der Waals surface area contributed by atoms with Gasteiger partial charge in [-0.3, -0.25) is 4.79 Å². The molecule has 1 aliphatic carbocycles. The molecule has 2 rings (SSSR count). The van der Waals surface area contributed by atoms with E-state index in [1.807, 2.05) is 25.7 Å². The van der Waals surface area contributed by atoms with E-state index < -0.39 is 17.6 Å². The van der Waals surface area contributed by atoms with E-state index in [4.69, 9.17) is 9.84 Å². The largest absolute Gasteiger partial charge is 0.480 e. The summed E-state index contributed by atoms with van der Waals surface area (Å²) >= 11 is 0. The topological polar surface area (TPSA) is 78.9 Å². The van der Waals surface area contributed by atoms with Gasteiger partial charge in [0, 0.05) is 18.1 Å². The Morgan fingerprint density at radius 3 is 2.45 bits per heavy atom. The number of rotatable bonds is 3. The molecule has 2 N–H and O–H groups in total. The first-order valence-corrected chi connectivity index (χ1v) is 8.12. The highest BCUT2D eigenvalue weighted by molar-refractivity contribution is 5.73. The molecule has 0 bridgehead atoms. The van der Waals surface area contributed by atoms with Crippen molar-refractivity contribution in [3.63, 3.8) is 0 Å². The van der Waals surface area contributed by atoms with Crippen LogP contribution in [0.4, 0.5) is 4.79 Å². The maximum absolute atomic E-state index is 12.4. The smallest absolute Gasteiger partial charge is 0.410 e. The lowest BCUT2D eigenvalue weighted by molar-refractivity contribution is -0.139. The normalized spacial score (nSPS) is 25.5. The maximum Gasteiger partial charge on any atom is 0.410 e. The minimum absolute atomic E-state index is 0.142. The van der Waals surface area contributed by atoms with Gasteiger partial charge in [0.2, 0.25) is 0 Å². The summed E-state index contributed by atoms with van der Waals surface area (Å²) in [5, 5.41) is 12.2. The van der Waals surface area contributed by atoms with Gasteiger partial charge in [0.1, 0.15) is 11.6 Å². The molecule has 22 heavy (non-hydrogen) atoms. The van der Waals surface area contributed by atoms with Crippen molar-refractivity contribution in [2.24, 2.45) is 0 Å². The van der Waals surface area contributed by atoms with Crippen LogP contribution in [-0.2, 0) is 9.53 Å². The van der Waals surface area contributed by atoms with Gasteiger partial charge in [-0.05, 0) is 59.8 Å². The summed E-state index contributed by atoms with van der Waals surface area (Å²) in [7, 11) is 0. The third-order valence-electron chi connectivity index (χ3n) is 4.65. The molecular weight excluding hydrogens is 284 g/mol. The van der Waals surface area contributed by atoms with Crippen molar-refractivity contribution in [1.29, 1.82) is 0 Å². The third-order valence-corrected chi connectivity index (χ3v) is 4.65. The molecule has 1 aliphatic heterocycles. The second kappa shape index (κ2) is 6.07. The molecule has 6 heteroatoms. The summed E-state index contributed by atoms with van der Waals surface area (Å²) in [5.74, 6) is -0.836. The SMILES string of the molecule is CC(NC1CCN(C(=O)OC(C)(C)C)C2(CCC2)C1)C(=O)O. The van der Waals surface area contributed by atoms with Gasteiger partial charge < -0.3 is 20.1 Å². The molecule has 0 aromatic heterocycles. The molecule has 1 heterocycles. The average Bonchev–Trinajstić information content (AvgIpc) is 2.34. The predicted octanol–water partition coefficient (Wildman–Crippen LogP) is 2.37. The molecule has 2 unspecified atom stereocenters. The number of hydrogen-bond acceptors (Lipinski definition) is 4. The lowest BCUT2D eigenvalue weighted by Gasteiger charge is -2.55. The van der Waals surface area contributed by atoms with Gasteiger partial charge in [-0.1, -0.05) is 0 Å². The number of nitrogens with zero attached hydrogens (tertiary/aromatic N) is 1. The first kappa shape index (κ1) is 17.1. The van der Waals surface area contributed by atoms with Crippen LogP contribution < -0.4 is 5.32 Å². The second-order valence-corrected chi connectivity index (χ2v) is 7.63. The van der Waals surface area contributed by atoms with Crippen LogP contribution in [0.2, 0.25) is 0 Å². The van der Waals surface area contributed by atoms with Crippen LogP contribution in [0.1, 0.15) is 59.8 Å². The van der Waals surface area contributed by atoms with Gasteiger partial charge in [-0.25, -0.2) is 4.79 Å². The number of carboxylic acids is 1. The Kier molecular flexibility index (Phi) is 4.70. The van der Waals surface area contributed by atoms with E-state index >= 15 is 0 Å². The lowest BCUT2D eigenvalue weighted by Crippen LogP contribution is -2.64. The zero-order chi connectivity index (χ0) is 16.5. The van der Waals surface area contributed by atoms with Crippen LogP contribution in [0.25, 0.3) is 0 Å². The van der Waals surface area contributed by atoms with Gasteiger partial charge in [0.15, 0.2) is 0 Å². The van der Waals surface area contributed by atoms with Crippen molar-refractivity contribution in [2.75, 3.05) is 6.54 Å². The predicted molar refractivity (Wildman–Crippen MR) is 82.8 cm³/mol. The Hall–Kier alpha value is -1.30. The van der Waals surface area contributed by atoms with Crippen molar-refractivity contribution in [1.82, 2.24) is 10.2 Å². The third kappa shape index (κ3) is 3.72. The zero-order valence-corrected chi connectivity index (χ0v) is 14.0.